The summed E-state index contributed by atoms with van der Waals surface area (Å²) in [6, 6.07) is 11.5. The van der Waals surface area contributed by atoms with Crippen LogP contribution in [0.2, 0.25) is 5.02 Å². The zero-order chi connectivity index (χ0) is 18.5. The van der Waals surface area contributed by atoms with Gasteiger partial charge in [-0.15, -0.1) is 0 Å². The Hall–Kier alpha value is -2.40. The summed E-state index contributed by atoms with van der Waals surface area (Å²) in [5.74, 6) is -0.751. The summed E-state index contributed by atoms with van der Waals surface area (Å²) in [7, 11) is 0. The van der Waals surface area contributed by atoms with Gasteiger partial charge in [-0.05, 0) is 42.7 Å². The number of nitrogens with zero attached hydrogens (tertiary/aromatic N) is 1. The second kappa shape index (κ2) is 8.32. The molecule has 0 spiro atoms. The number of rotatable bonds is 5. The average Bonchev–Trinajstić information content (AvgIpc) is 3.18. The number of nitrogens with one attached hydrogen (secondary N) is 1. The number of likely N-dealkylation sites (tertiary alicyclic amines) is 1. The molecular weight excluding hydrogens is 355 g/mol. The molecule has 1 aliphatic rings. The summed E-state index contributed by atoms with van der Waals surface area (Å²) in [5.41, 5.74) is 1.72. The van der Waals surface area contributed by atoms with E-state index in [0.29, 0.717) is 12.1 Å². The third-order valence-electron chi connectivity index (χ3n) is 4.48. The Bertz CT molecular complexity index is 782. The largest absolute Gasteiger partial charge is 0.352 e. The number of hydrogen-bond donors (Lipinski definition) is 1. The Balaban J connectivity index is 1.54. The van der Waals surface area contributed by atoms with Crippen molar-refractivity contribution >= 4 is 23.4 Å². The van der Waals surface area contributed by atoms with E-state index in [2.05, 4.69) is 5.32 Å². The summed E-state index contributed by atoms with van der Waals surface area (Å²) in [4.78, 5) is 26.2. The number of benzene rings is 2. The zero-order valence-electron chi connectivity index (χ0n) is 14.3. The van der Waals surface area contributed by atoms with E-state index in [4.69, 9.17) is 11.6 Å². The Morgan fingerprint density at radius 3 is 2.42 bits per heavy atom. The van der Waals surface area contributed by atoms with Crippen LogP contribution in [0.4, 0.5) is 4.39 Å². The second-order valence-corrected chi connectivity index (χ2v) is 6.76. The highest BCUT2D eigenvalue weighted by Gasteiger charge is 2.19. The maximum Gasteiger partial charge on any atom is 0.253 e. The monoisotopic (exact) mass is 374 g/mol. The molecule has 0 atom stereocenters. The summed E-state index contributed by atoms with van der Waals surface area (Å²) in [6.07, 6.45) is 2.00. The first-order chi connectivity index (χ1) is 12.5. The van der Waals surface area contributed by atoms with Gasteiger partial charge in [0.05, 0.1) is 6.42 Å². The first kappa shape index (κ1) is 18.4. The maximum atomic E-state index is 13.7. The molecule has 0 radical (unpaired) electrons. The van der Waals surface area contributed by atoms with Crippen molar-refractivity contribution < 1.29 is 14.0 Å². The average molecular weight is 375 g/mol. The van der Waals surface area contributed by atoms with Crippen LogP contribution in [-0.4, -0.2) is 29.8 Å². The Kier molecular flexibility index (Phi) is 5.89. The predicted octanol–water partition coefficient (Wildman–Crippen LogP) is 3.57. The number of carbonyl (C=O) groups excluding carboxylic acids is 2. The molecule has 0 saturated carbocycles. The molecule has 2 aromatic carbocycles. The van der Waals surface area contributed by atoms with Crippen molar-refractivity contribution in [3.05, 3.63) is 70.0 Å². The van der Waals surface area contributed by atoms with Crippen molar-refractivity contribution in [3.63, 3.8) is 0 Å². The number of amides is 2. The van der Waals surface area contributed by atoms with E-state index >= 15 is 0 Å². The minimum Gasteiger partial charge on any atom is -0.352 e. The van der Waals surface area contributed by atoms with E-state index in [1.165, 1.54) is 12.1 Å². The molecule has 1 saturated heterocycles. The van der Waals surface area contributed by atoms with E-state index in [9.17, 15) is 14.0 Å². The van der Waals surface area contributed by atoms with Crippen molar-refractivity contribution in [1.82, 2.24) is 10.2 Å². The lowest BCUT2D eigenvalue weighted by Gasteiger charge is -2.15. The fourth-order valence-electron chi connectivity index (χ4n) is 2.99. The van der Waals surface area contributed by atoms with Crippen LogP contribution in [0.15, 0.2) is 42.5 Å². The molecule has 136 valence electrons. The van der Waals surface area contributed by atoms with Crippen LogP contribution in [0.3, 0.4) is 0 Å². The molecule has 2 amide bonds. The predicted molar refractivity (Wildman–Crippen MR) is 98.5 cm³/mol. The number of carbonyl (C=O) groups is 2. The first-order valence-electron chi connectivity index (χ1n) is 8.62. The zero-order valence-corrected chi connectivity index (χ0v) is 15.1. The van der Waals surface area contributed by atoms with E-state index in [0.717, 1.165) is 31.5 Å². The van der Waals surface area contributed by atoms with E-state index in [1.807, 2.05) is 17.0 Å². The van der Waals surface area contributed by atoms with Gasteiger partial charge in [0.15, 0.2) is 0 Å². The molecule has 3 rings (SSSR count). The quantitative estimate of drug-likeness (QED) is 0.869. The first-order valence-corrected chi connectivity index (χ1v) is 9.00. The van der Waals surface area contributed by atoms with Crippen LogP contribution in [0.1, 0.15) is 34.3 Å². The van der Waals surface area contributed by atoms with Crippen molar-refractivity contribution in [2.24, 2.45) is 0 Å². The van der Waals surface area contributed by atoms with Gasteiger partial charge >= 0.3 is 0 Å². The molecule has 0 aromatic heterocycles. The van der Waals surface area contributed by atoms with Gasteiger partial charge in [-0.25, -0.2) is 4.39 Å². The molecule has 26 heavy (non-hydrogen) atoms. The van der Waals surface area contributed by atoms with Crippen molar-refractivity contribution in [3.8, 4) is 0 Å². The summed E-state index contributed by atoms with van der Waals surface area (Å²) in [5, 5.41) is 2.99. The van der Waals surface area contributed by atoms with Crippen molar-refractivity contribution in [2.45, 2.75) is 25.8 Å². The van der Waals surface area contributed by atoms with Gasteiger partial charge in [-0.1, -0.05) is 29.8 Å². The SMILES string of the molecule is O=C(Cc1c(F)cccc1Cl)NCc1ccc(C(=O)N2CCCC2)cc1. The molecule has 1 aliphatic heterocycles. The van der Waals surface area contributed by atoms with Gasteiger partial charge in [0, 0.05) is 35.8 Å². The van der Waals surface area contributed by atoms with Crippen LogP contribution in [0, 0.1) is 5.82 Å². The minimum absolute atomic E-state index is 0.0484. The van der Waals surface area contributed by atoms with Gasteiger partial charge < -0.3 is 10.2 Å². The summed E-state index contributed by atoms with van der Waals surface area (Å²) in [6.45, 7) is 1.94. The molecule has 1 N–H and O–H groups in total. The Morgan fingerprint density at radius 1 is 1.08 bits per heavy atom. The van der Waals surface area contributed by atoms with Crippen molar-refractivity contribution in [1.29, 1.82) is 0 Å². The fraction of sp³-hybridized carbons (Fsp3) is 0.300. The van der Waals surface area contributed by atoms with Crippen LogP contribution >= 0.6 is 11.6 Å². The topological polar surface area (TPSA) is 49.4 Å². The smallest absolute Gasteiger partial charge is 0.253 e. The highest BCUT2D eigenvalue weighted by Crippen LogP contribution is 2.19. The van der Waals surface area contributed by atoms with Crippen molar-refractivity contribution in [2.75, 3.05) is 13.1 Å². The van der Waals surface area contributed by atoms with Crippen LogP contribution in [0.25, 0.3) is 0 Å². The summed E-state index contributed by atoms with van der Waals surface area (Å²) < 4.78 is 13.7. The van der Waals surface area contributed by atoms with Crippen LogP contribution in [0.5, 0.6) is 0 Å². The van der Waals surface area contributed by atoms with E-state index < -0.39 is 5.82 Å². The highest BCUT2D eigenvalue weighted by molar-refractivity contribution is 6.31. The Labute approximate surface area is 157 Å². The lowest BCUT2D eigenvalue weighted by atomic mass is 10.1. The lowest BCUT2D eigenvalue weighted by molar-refractivity contribution is -0.120. The third kappa shape index (κ3) is 4.41. The summed E-state index contributed by atoms with van der Waals surface area (Å²) >= 11 is 5.94. The number of hydrogen-bond acceptors (Lipinski definition) is 2. The van der Waals surface area contributed by atoms with Gasteiger partial charge in [-0.2, -0.15) is 0 Å². The van der Waals surface area contributed by atoms with Gasteiger partial charge in [0.25, 0.3) is 5.91 Å². The van der Waals surface area contributed by atoms with Gasteiger partial charge in [0.2, 0.25) is 5.91 Å². The minimum atomic E-state index is -0.488. The van der Waals surface area contributed by atoms with Gasteiger partial charge in [0.1, 0.15) is 5.82 Å². The van der Waals surface area contributed by atoms with Gasteiger partial charge in [-0.3, -0.25) is 9.59 Å². The molecule has 0 bridgehead atoms. The molecule has 2 aromatic rings. The molecule has 1 heterocycles. The molecule has 0 aliphatic carbocycles. The molecular formula is C20H20ClFN2O2. The third-order valence-corrected chi connectivity index (χ3v) is 4.84. The number of halogens is 2. The van der Waals surface area contributed by atoms with E-state index in [1.54, 1.807) is 18.2 Å². The molecule has 0 unspecified atom stereocenters. The second-order valence-electron chi connectivity index (χ2n) is 6.35. The molecule has 4 nitrogen and oxygen atoms in total. The normalized spacial score (nSPS) is 13.7. The Morgan fingerprint density at radius 2 is 1.77 bits per heavy atom. The molecule has 1 fully saturated rings. The highest BCUT2D eigenvalue weighted by atomic mass is 35.5. The van der Waals surface area contributed by atoms with E-state index in [-0.39, 0.29) is 28.8 Å². The maximum absolute atomic E-state index is 13.7. The standard InChI is InChI=1S/C20H20ClFN2O2/c21-17-4-3-5-18(22)16(17)12-19(25)23-13-14-6-8-15(9-7-14)20(26)24-10-1-2-11-24/h3-9H,1-2,10-13H2,(H,23,25). The lowest BCUT2D eigenvalue weighted by Crippen LogP contribution is -2.27. The van der Waals surface area contributed by atoms with Crippen LogP contribution < -0.4 is 5.32 Å². The molecule has 6 heteroatoms. The fourth-order valence-corrected chi connectivity index (χ4v) is 3.22. The van der Waals surface area contributed by atoms with Crippen LogP contribution in [-0.2, 0) is 17.8 Å².